The monoisotopic (exact) mass is 308 g/mol. The van der Waals surface area contributed by atoms with E-state index in [0.29, 0.717) is 10.7 Å². The molecule has 1 atom stereocenters. The van der Waals surface area contributed by atoms with Crippen molar-refractivity contribution >= 4 is 23.2 Å². The highest BCUT2D eigenvalue weighted by atomic mass is 35.5. The number of hydrogen-bond acceptors (Lipinski definition) is 2. The first-order chi connectivity index (χ1) is 9.12. The molecule has 1 amide bonds. The molecule has 3 N–H and O–H groups in total. The summed E-state index contributed by atoms with van der Waals surface area (Å²) in [7, 11) is 0. The van der Waals surface area contributed by atoms with Crippen LogP contribution in [0.1, 0.15) is 26.2 Å². The molecule has 0 saturated carbocycles. The van der Waals surface area contributed by atoms with Crippen molar-refractivity contribution in [1.29, 1.82) is 0 Å². The zero-order valence-electron chi connectivity index (χ0n) is 10.9. The Labute approximate surface area is 120 Å². The Kier molecular flexibility index (Phi) is 5.28. The number of carbonyl (C=O) groups excluding carboxylic acids is 1. The SMILES string of the molecule is CC(CCCC(F)(F)F)(Nc1cccc(Cl)c1)C(N)=O. The van der Waals surface area contributed by atoms with Crippen LogP contribution >= 0.6 is 11.6 Å². The fraction of sp³-hybridized carbons (Fsp3) is 0.462. The summed E-state index contributed by atoms with van der Waals surface area (Å²) in [5.74, 6) is -0.709. The van der Waals surface area contributed by atoms with Gasteiger partial charge in [0, 0.05) is 17.1 Å². The third-order valence-corrected chi connectivity index (χ3v) is 3.16. The summed E-state index contributed by atoms with van der Waals surface area (Å²) in [6.07, 6.45) is -5.40. The average molecular weight is 309 g/mol. The zero-order chi connectivity index (χ0) is 15.4. The second-order valence-electron chi connectivity index (χ2n) is 4.80. The molecule has 0 fully saturated rings. The van der Waals surface area contributed by atoms with Crippen LogP contribution in [0.15, 0.2) is 24.3 Å². The molecule has 112 valence electrons. The van der Waals surface area contributed by atoms with Crippen LogP contribution in [0.3, 0.4) is 0 Å². The van der Waals surface area contributed by atoms with E-state index in [1.54, 1.807) is 24.3 Å². The molecule has 1 unspecified atom stereocenters. The Balaban J connectivity index is 2.74. The van der Waals surface area contributed by atoms with E-state index in [0.717, 1.165) is 0 Å². The van der Waals surface area contributed by atoms with Crippen LogP contribution < -0.4 is 11.1 Å². The van der Waals surface area contributed by atoms with Crippen LogP contribution in [0, 0.1) is 0 Å². The maximum Gasteiger partial charge on any atom is 0.389 e. The third-order valence-electron chi connectivity index (χ3n) is 2.93. The van der Waals surface area contributed by atoms with Gasteiger partial charge in [0.1, 0.15) is 5.54 Å². The molecule has 1 aromatic carbocycles. The summed E-state index contributed by atoms with van der Waals surface area (Å²) < 4.78 is 36.5. The molecular weight excluding hydrogens is 293 g/mol. The highest BCUT2D eigenvalue weighted by Gasteiger charge is 2.33. The van der Waals surface area contributed by atoms with Crippen LogP contribution in [-0.2, 0) is 4.79 Å². The fourth-order valence-electron chi connectivity index (χ4n) is 1.77. The number of benzene rings is 1. The Hall–Kier alpha value is -1.43. The van der Waals surface area contributed by atoms with E-state index < -0.39 is 24.0 Å². The first kappa shape index (κ1) is 16.6. The van der Waals surface area contributed by atoms with Crippen molar-refractivity contribution < 1.29 is 18.0 Å². The molecule has 0 aliphatic rings. The molecule has 7 heteroatoms. The van der Waals surface area contributed by atoms with Crippen molar-refractivity contribution in [1.82, 2.24) is 0 Å². The lowest BCUT2D eigenvalue weighted by molar-refractivity contribution is -0.137. The number of halogens is 4. The number of carbonyl (C=O) groups is 1. The molecule has 0 spiro atoms. The van der Waals surface area contributed by atoms with Crippen LogP contribution in [0.5, 0.6) is 0 Å². The summed E-state index contributed by atoms with van der Waals surface area (Å²) in [4.78, 5) is 11.5. The zero-order valence-corrected chi connectivity index (χ0v) is 11.7. The third kappa shape index (κ3) is 5.28. The van der Waals surface area contributed by atoms with Gasteiger partial charge in [-0.2, -0.15) is 13.2 Å². The predicted molar refractivity (Wildman–Crippen MR) is 72.6 cm³/mol. The second-order valence-corrected chi connectivity index (χ2v) is 5.24. The van der Waals surface area contributed by atoms with E-state index in [-0.39, 0.29) is 12.8 Å². The first-order valence-electron chi connectivity index (χ1n) is 6.03. The smallest absolute Gasteiger partial charge is 0.371 e. The van der Waals surface area contributed by atoms with Gasteiger partial charge in [0.05, 0.1) is 0 Å². The van der Waals surface area contributed by atoms with E-state index in [2.05, 4.69) is 5.32 Å². The normalized spacial score (nSPS) is 14.7. The Bertz CT molecular complexity index is 479. The molecule has 0 radical (unpaired) electrons. The number of nitrogens with two attached hydrogens (primary N) is 1. The second kappa shape index (κ2) is 6.35. The van der Waals surface area contributed by atoms with E-state index in [4.69, 9.17) is 17.3 Å². The van der Waals surface area contributed by atoms with Gasteiger partial charge < -0.3 is 11.1 Å². The molecule has 0 bridgehead atoms. The summed E-state index contributed by atoms with van der Waals surface area (Å²) in [6.45, 7) is 1.48. The highest BCUT2D eigenvalue weighted by molar-refractivity contribution is 6.30. The Morgan fingerprint density at radius 3 is 2.50 bits per heavy atom. The summed E-state index contributed by atoms with van der Waals surface area (Å²) in [5, 5.41) is 3.31. The maximum atomic E-state index is 12.2. The molecule has 20 heavy (non-hydrogen) atoms. The number of alkyl halides is 3. The minimum atomic E-state index is -4.24. The van der Waals surface area contributed by atoms with Crippen molar-refractivity contribution in [3.8, 4) is 0 Å². The largest absolute Gasteiger partial charge is 0.389 e. The predicted octanol–water partition coefficient (Wildman–Crippen LogP) is 3.73. The van der Waals surface area contributed by atoms with E-state index in [1.165, 1.54) is 6.92 Å². The van der Waals surface area contributed by atoms with Crippen molar-refractivity contribution in [2.24, 2.45) is 5.73 Å². The summed E-state index contributed by atoms with van der Waals surface area (Å²) >= 11 is 5.81. The number of rotatable bonds is 6. The average Bonchev–Trinajstić information content (AvgIpc) is 2.26. The van der Waals surface area contributed by atoms with Gasteiger partial charge in [-0.15, -0.1) is 0 Å². The van der Waals surface area contributed by atoms with Gasteiger partial charge in [0.2, 0.25) is 5.91 Å². The van der Waals surface area contributed by atoms with Gasteiger partial charge in [-0.05, 0) is 38.0 Å². The number of anilines is 1. The summed E-state index contributed by atoms with van der Waals surface area (Å²) in [5.41, 5.74) is 4.57. The van der Waals surface area contributed by atoms with Gasteiger partial charge in [-0.3, -0.25) is 4.79 Å². The Morgan fingerprint density at radius 2 is 2.00 bits per heavy atom. The van der Waals surface area contributed by atoms with Crippen LogP contribution in [0.25, 0.3) is 0 Å². The number of nitrogens with one attached hydrogen (secondary N) is 1. The molecule has 0 aliphatic carbocycles. The molecule has 1 rings (SSSR count). The van der Waals surface area contributed by atoms with Crippen LogP contribution in [-0.4, -0.2) is 17.6 Å². The molecule has 0 aliphatic heterocycles. The summed E-state index contributed by atoms with van der Waals surface area (Å²) in [6, 6.07) is 6.56. The van der Waals surface area contributed by atoms with Gasteiger partial charge >= 0.3 is 6.18 Å². The lowest BCUT2D eigenvalue weighted by Gasteiger charge is -2.29. The molecule has 0 saturated heterocycles. The van der Waals surface area contributed by atoms with Gasteiger partial charge in [0.25, 0.3) is 0 Å². The van der Waals surface area contributed by atoms with Crippen LogP contribution in [0.2, 0.25) is 5.02 Å². The molecule has 0 heterocycles. The van der Waals surface area contributed by atoms with Crippen molar-refractivity contribution in [3.63, 3.8) is 0 Å². The quantitative estimate of drug-likeness (QED) is 0.841. The fourth-order valence-corrected chi connectivity index (χ4v) is 1.96. The molecule has 3 nitrogen and oxygen atoms in total. The first-order valence-corrected chi connectivity index (χ1v) is 6.41. The van der Waals surface area contributed by atoms with E-state index in [1.807, 2.05) is 0 Å². The maximum absolute atomic E-state index is 12.2. The number of hydrogen-bond donors (Lipinski definition) is 2. The molecular formula is C13H16ClF3N2O. The lowest BCUT2D eigenvalue weighted by atomic mass is 9.93. The number of amides is 1. The van der Waals surface area contributed by atoms with Crippen molar-refractivity contribution in [3.05, 3.63) is 29.3 Å². The molecule has 1 aromatic rings. The van der Waals surface area contributed by atoms with Gasteiger partial charge in [-0.25, -0.2) is 0 Å². The van der Waals surface area contributed by atoms with Gasteiger partial charge in [0.15, 0.2) is 0 Å². The lowest BCUT2D eigenvalue weighted by Crippen LogP contribution is -2.48. The standard InChI is InChI=1S/C13H16ClF3N2O/c1-12(11(18)20,6-3-7-13(15,16)17)19-10-5-2-4-9(14)8-10/h2,4-5,8,19H,3,6-7H2,1H3,(H2,18,20). The van der Waals surface area contributed by atoms with Crippen molar-refractivity contribution in [2.75, 3.05) is 5.32 Å². The topological polar surface area (TPSA) is 55.1 Å². The highest BCUT2D eigenvalue weighted by Crippen LogP contribution is 2.27. The minimum absolute atomic E-state index is 0.0195. The van der Waals surface area contributed by atoms with Crippen LogP contribution in [0.4, 0.5) is 18.9 Å². The number of primary amides is 1. The van der Waals surface area contributed by atoms with E-state index >= 15 is 0 Å². The van der Waals surface area contributed by atoms with Crippen molar-refractivity contribution in [2.45, 2.75) is 37.9 Å². The molecule has 0 aromatic heterocycles. The van der Waals surface area contributed by atoms with Gasteiger partial charge in [-0.1, -0.05) is 17.7 Å². The van der Waals surface area contributed by atoms with E-state index in [9.17, 15) is 18.0 Å². The Morgan fingerprint density at radius 1 is 1.35 bits per heavy atom. The minimum Gasteiger partial charge on any atom is -0.371 e.